The van der Waals surface area contributed by atoms with Crippen LogP contribution in [0.25, 0.3) is 10.9 Å². The van der Waals surface area contributed by atoms with Gasteiger partial charge < -0.3 is 16.2 Å². The van der Waals surface area contributed by atoms with Crippen LogP contribution in [-0.4, -0.2) is 41.9 Å². The van der Waals surface area contributed by atoms with Gasteiger partial charge in [0.2, 0.25) is 16.0 Å². The van der Waals surface area contributed by atoms with E-state index >= 15 is 0 Å². The Bertz CT molecular complexity index is 1180. The highest BCUT2D eigenvalue weighted by atomic mass is 35.5. The number of rotatable bonds is 5. The average Bonchev–Trinajstić information content (AvgIpc) is 2.72. The molecule has 0 unspecified atom stereocenters. The standard InChI is InChI=1S/C20H22ClN5O3S/c21-15-5-1-2-7-17(15)30(27,28)26-10-8-14(9-11-26)29-12-13-4-3-6-16-18(13)19(22)25-20(23)24-16/h1-7,14H,8-12H2,(H4,22,23,24,25). The van der Waals surface area contributed by atoms with E-state index in [1.807, 2.05) is 18.2 Å². The molecule has 158 valence electrons. The Labute approximate surface area is 179 Å². The highest BCUT2D eigenvalue weighted by molar-refractivity contribution is 7.89. The van der Waals surface area contributed by atoms with E-state index < -0.39 is 10.0 Å². The third kappa shape index (κ3) is 4.06. The highest BCUT2D eigenvalue weighted by Gasteiger charge is 2.31. The number of nitrogen functional groups attached to an aromatic ring is 2. The monoisotopic (exact) mass is 447 g/mol. The number of anilines is 2. The van der Waals surface area contributed by atoms with Gasteiger partial charge in [-0.1, -0.05) is 35.9 Å². The van der Waals surface area contributed by atoms with Crippen molar-refractivity contribution in [1.29, 1.82) is 0 Å². The lowest BCUT2D eigenvalue weighted by molar-refractivity contribution is 0.0107. The molecule has 1 aliphatic heterocycles. The SMILES string of the molecule is Nc1nc(N)c2c(COC3CCN(S(=O)(=O)c4ccccc4Cl)CC3)cccc2n1. The minimum absolute atomic E-state index is 0.0612. The predicted octanol–water partition coefficient (Wildman–Crippen LogP) is 2.82. The number of hydrogen-bond donors (Lipinski definition) is 2. The molecule has 1 fully saturated rings. The van der Waals surface area contributed by atoms with Crippen LogP contribution in [0.15, 0.2) is 47.4 Å². The third-order valence-corrected chi connectivity index (χ3v) is 7.58. The number of ether oxygens (including phenoxy) is 1. The van der Waals surface area contributed by atoms with Gasteiger partial charge in [0.15, 0.2) is 0 Å². The van der Waals surface area contributed by atoms with Crippen molar-refractivity contribution in [2.24, 2.45) is 0 Å². The first-order valence-electron chi connectivity index (χ1n) is 9.53. The van der Waals surface area contributed by atoms with Gasteiger partial charge in [0.05, 0.1) is 23.3 Å². The second-order valence-electron chi connectivity index (χ2n) is 7.12. The van der Waals surface area contributed by atoms with Crippen LogP contribution >= 0.6 is 11.6 Å². The van der Waals surface area contributed by atoms with Gasteiger partial charge in [0.1, 0.15) is 10.7 Å². The van der Waals surface area contributed by atoms with Crippen LogP contribution in [0, 0.1) is 0 Å². The molecule has 1 aromatic heterocycles. The topological polar surface area (TPSA) is 124 Å². The summed E-state index contributed by atoms with van der Waals surface area (Å²) in [5.74, 6) is 0.447. The van der Waals surface area contributed by atoms with Crippen molar-refractivity contribution < 1.29 is 13.2 Å². The first-order chi connectivity index (χ1) is 14.4. The third-order valence-electron chi connectivity index (χ3n) is 5.18. The molecule has 8 nitrogen and oxygen atoms in total. The van der Waals surface area contributed by atoms with E-state index in [-0.39, 0.29) is 22.0 Å². The molecule has 3 aromatic rings. The summed E-state index contributed by atoms with van der Waals surface area (Å²) in [7, 11) is -3.62. The molecule has 30 heavy (non-hydrogen) atoms. The van der Waals surface area contributed by atoms with E-state index in [2.05, 4.69) is 9.97 Å². The van der Waals surface area contributed by atoms with Gasteiger partial charge in [-0.3, -0.25) is 0 Å². The fourth-order valence-electron chi connectivity index (χ4n) is 3.66. The Kier molecular flexibility index (Phi) is 5.79. The van der Waals surface area contributed by atoms with Crippen molar-refractivity contribution in [1.82, 2.24) is 14.3 Å². The van der Waals surface area contributed by atoms with E-state index in [4.69, 9.17) is 27.8 Å². The molecule has 0 aliphatic carbocycles. The molecule has 4 N–H and O–H groups in total. The van der Waals surface area contributed by atoms with Crippen molar-refractivity contribution in [2.75, 3.05) is 24.6 Å². The smallest absolute Gasteiger partial charge is 0.244 e. The fraction of sp³-hybridized carbons (Fsp3) is 0.300. The van der Waals surface area contributed by atoms with E-state index in [1.165, 1.54) is 10.4 Å². The number of halogens is 1. The molecule has 0 radical (unpaired) electrons. The van der Waals surface area contributed by atoms with Crippen LogP contribution in [0.5, 0.6) is 0 Å². The molecular weight excluding hydrogens is 426 g/mol. The molecule has 0 bridgehead atoms. The zero-order valence-corrected chi connectivity index (χ0v) is 17.7. The summed E-state index contributed by atoms with van der Waals surface area (Å²) in [6.45, 7) is 1.07. The molecule has 4 rings (SSSR count). The summed E-state index contributed by atoms with van der Waals surface area (Å²) in [5, 5.41) is 0.956. The second kappa shape index (κ2) is 8.35. The first-order valence-corrected chi connectivity index (χ1v) is 11.3. The molecule has 1 saturated heterocycles. The fourth-order valence-corrected chi connectivity index (χ4v) is 5.63. The number of benzene rings is 2. The number of nitrogens with zero attached hydrogens (tertiary/aromatic N) is 3. The number of fused-ring (bicyclic) bond motifs is 1. The van der Waals surface area contributed by atoms with Gasteiger partial charge in [-0.05, 0) is 36.6 Å². The Morgan fingerprint density at radius 2 is 1.80 bits per heavy atom. The normalized spacial score (nSPS) is 16.2. The van der Waals surface area contributed by atoms with Gasteiger partial charge in [-0.2, -0.15) is 9.29 Å². The Hall–Kier alpha value is -2.46. The summed E-state index contributed by atoms with van der Waals surface area (Å²) in [6, 6.07) is 12.1. The number of nitrogens with two attached hydrogens (primary N) is 2. The second-order valence-corrected chi connectivity index (χ2v) is 9.44. The number of hydrogen-bond acceptors (Lipinski definition) is 7. The van der Waals surface area contributed by atoms with Crippen molar-refractivity contribution in [3.63, 3.8) is 0 Å². The Balaban J connectivity index is 1.42. The molecule has 0 atom stereocenters. The first kappa shape index (κ1) is 20.8. The van der Waals surface area contributed by atoms with Crippen molar-refractivity contribution in [3.8, 4) is 0 Å². The van der Waals surface area contributed by atoms with Gasteiger partial charge >= 0.3 is 0 Å². The molecule has 2 heterocycles. The minimum Gasteiger partial charge on any atom is -0.383 e. The van der Waals surface area contributed by atoms with E-state index in [1.54, 1.807) is 18.2 Å². The van der Waals surface area contributed by atoms with E-state index in [0.29, 0.717) is 43.9 Å². The summed E-state index contributed by atoms with van der Waals surface area (Å²) in [5.41, 5.74) is 13.2. The van der Waals surface area contributed by atoms with Gasteiger partial charge in [-0.15, -0.1) is 0 Å². The van der Waals surface area contributed by atoms with Crippen LogP contribution in [0.4, 0.5) is 11.8 Å². The number of sulfonamides is 1. The van der Waals surface area contributed by atoms with Crippen LogP contribution < -0.4 is 11.5 Å². The molecule has 10 heteroatoms. The van der Waals surface area contributed by atoms with Crippen LogP contribution in [0.3, 0.4) is 0 Å². The zero-order valence-electron chi connectivity index (χ0n) is 16.2. The maximum absolute atomic E-state index is 12.9. The quantitative estimate of drug-likeness (QED) is 0.616. The van der Waals surface area contributed by atoms with E-state index in [9.17, 15) is 8.42 Å². The minimum atomic E-state index is -3.62. The molecule has 0 spiro atoms. The van der Waals surface area contributed by atoms with Crippen LogP contribution in [-0.2, 0) is 21.4 Å². The lowest BCUT2D eigenvalue weighted by Gasteiger charge is -2.31. The maximum Gasteiger partial charge on any atom is 0.244 e. The molecular formula is C20H22ClN5O3S. The molecule has 2 aromatic carbocycles. The molecule has 1 aliphatic rings. The van der Waals surface area contributed by atoms with Gasteiger partial charge in [0.25, 0.3) is 0 Å². The van der Waals surface area contributed by atoms with E-state index in [0.717, 1.165) is 10.9 Å². The number of aromatic nitrogens is 2. The summed E-state index contributed by atoms with van der Waals surface area (Å²) < 4.78 is 33.3. The average molecular weight is 448 g/mol. The lowest BCUT2D eigenvalue weighted by Crippen LogP contribution is -2.40. The highest BCUT2D eigenvalue weighted by Crippen LogP contribution is 2.28. The summed E-state index contributed by atoms with van der Waals surface area (Å²) >= 11 is 6.09. The Morgan fingerprint density at radius 3 is 2.53 bits per heavy atom. The van der Waals surface area contributed by atoms with Crippen LogP contribution in [0.1, 0.15) is 18.4 Å². The lowest BCUT2D eigenvalue weighted by atomic mass is 10.1. The predicted molar refractivity (Wildman–Crippen MR) is 116 cm³/mol. The van der Waals surface area contributed by atoms with Crippen molar-refractivity contribution >= 4 is 44.3 Å². The van der Waals surface area contributed by atoms with Crippen LogP contribution in [0.2, 0.25) is 5.02 Å². The summed E-state index contributed by atoms with van der Waals surface area (Å²) in [4.78, 5) is 8.38. The number of piperidine rings is 1. The van der Waals surface area contributed by atoms with Gasteiger partial charge in [-0.25, -0.2) is 13.4 Å². The molecule has 0 amide bonds. The Morgan fingerprint density at radius 1 is 1.07 bits per heavy atom. The largest absolute Gasteiger partial charge is 0.383 e. The summed E-state index contributed by atoms with van der Waals surface area (Å²) in [6.07, 6.45) is 1.12. The maximum atomic E-state index is 12.9. The van der Waals surface area contributed by atoms with Gasteiger partial charge in [0, 0.05) is 18.5 Å². The molecule has 0 saturated carbocycles. The van der Waals surface area contributed by atoms with Crippen molar-refractivity contribution in [3.05, 3.63) is 53.1 Å². The zero-order chi connectivity index (χ0) is 21.3. The van der Waals surface area contributed by atoms with Crippen molar-refractivity contribution in [2.45, 2.75) is 30.4 Å².